The maximum absolute atomic E-state index is 11.5. The molecule has 0 aromatic carbocycles. The van der Waals surface area contributed by atoms with Gasteiger partial charge in [0.25, 0.3) is 0 Å². The molecular formula is C11H16N2O4S. The summed E-state index contributed by atoms with van der Waals surface area (Å²) >= 11 is 0. The zero-order valence-corrected chi connectivity index (χ0v) is 10.9. The van der Waals surface area contributed by atoms with Crippen LogP contribution in [-0.2, 0) is 16.6 Å². The van der Waals surface area contributed by atoms with Crippen molar-refractivity contribution in [2.24, 2.45) is 0 Å². The Balaban J connectivity index is 2.63. The Morgan fingerprint density at radius 1 is 1.50 bits per heavy atom. The molecule has 0 radical (unpaired) electrons. The quantitative estimate of drug-likeness (QED) is 0.772. The molecule has 0 saturated carbocycles. The van der Waals surface area contributed by atoms with Gasteiger partial charge < -0.3 is 5.11 Å². The first-order valence-electron chi connectivity index (χ1n) is 5.60. The van der Waals surface area contributed by atoms with Crippen molar-refractivity contribution in [3.63, 3.8) is 0 Å². The van der Waals surface area contributed by atoms with Crippen molar-refractivity contribution in [2.45, 2.75) is 26.3 Å². The Hall–Kier alpha value is -1.47. The maximum atomic E-state index is 11.5. The fourth-order valence-electron chi connectivity index (χ4n) is 1.30. The Bertz CT molecular complexity index is 514. The highest BCUT2D eigenvalue weighted by Crippen LogP contribution is 2.03. The van der Waals surface area contributed by atoms with E-state index in [0.29, 0.717) is 12.1 Å². The van der Waals surface area contributed by atoms with Gasteiger partial charge >= 0.3 is 5.97 Å². The van der Waals surface area contributed by atoms with Crippen LogP contribution in [0.25, 0.3) is 0 Å². The predicted molar refractivity (Wildman–Crippen MR) is 66.7 cm³/mol. The zero-order valence-electron chi connectivity index (χ0n) is 10.1. The van der Waals surface area contributed by atoms with Crippen LogP contribution in [0.5, 0.6) is 0 Å². The van der Waals surface area contributed by atoms with E-state index in [1.807, 2.05) is 6.92 Å². The summed E-state index contributed by atoms with van der Waals surface area (Å²) in [5.41, 5.74) is 0.475. The number of aromatic nitrogens is 1. The number of pyridine rings is 1. The topological polar surface area (TPSA) is 96.4 Å². The predicted octanol–water partition coefficient (Wildman–Crippen LogP) is 0.999. The lowest BCUT2D eigenvalue weighted by Crippen LogP contribution is -2.26. The first kappa shape index (κ1) is 14.6. The third-order valence-corrected chi connectivity index (χ3v) is 3.71. The fourth-order valence-corrected chi connectivity index (χ4v) is 2.48. The number of rotatable bonds is 7. The number of nitrogens with zero attached hydrogens (tertiary/aromatic N) is 1. The van der Waals surface area contributed by atoms with Crippen LogP contribution in [0.4, 0.5) is 0 Å². The highest BCUT2D eigenvalue weighted by molar-refractivity contribution is 7.89. The van der Waals surface area contributed by atoms with E-state index >= 15 is 0 Å². The lowest BCUT2D eigenvalue weighted by molar-refractivity contribution is 0.0696. The molecule has 100 valence electrons. The SMILES string of the molecule is CCCCS(=O)(=O)NCc1cc(C(=O)O)ccn1. The highest BCUT2D eigenvalue weighted by Gasteiger charge is 2.10. The fraction of sp³-hybridized carbons (Fsp3) is 0.455. The van der Waals surface area contributed by atoms with Crippen LogP contribution in [0.2, 0.25) is 0 Å². The van der Waals surface area contributed by atoms with Crippen LogP contribution in [0.3, 0.4) is 0 Å². The van der Waals surface area contributed by atoms with E-state index in [4.69, 9.17) is 5.11 Å². The minimum Gasteiger partial charge on any atom is -0.478 e. The minimum atomic E-state index is -3.31. The summed E-state index contributed by atoms with van der Waals surface area (Å²) in [4.78, 5) is 14.6. The minimum absolute atomic E-state index is 0.00711. The van der Waals surface area contributed by atoms with Crippen LogP contribution < -0.4 is 4.72 Å². The average Bonchev–Trinajstić information content (AvgIpc) is 2.34. The summed E-state index contributed by atoms with van der Waals surface area (Å²) in [6.45, 7) is 1.92. The van der Waals surface area contributed by atoms with E-state index in [2.05, 4.69) is 9.71 Å². The lowest BCUT2D eigenvalue weighted by atomic mass is 10.2. The Morgan fingerprint density at radius 3 is 2.83 bits per heavy atom. The van der Waals surface area contributed by atoms with E-state index in [1.54, 1.807) is 0 Å². The van der Waals surface area contributed by atoms with Gasteiger partial charge in [-0.05, 0) is 18.6 Å². The lowest BCUT2D eigenvalue weighted by Gasteiger charge is -2.06. The molecule has 1 rings (SSSR count). The summed E-state index contributed by atoms with van der Waals surface area (Å²) in [5, 5.41) is 8.79. The third kappa shape index (κ3) is 4.80. The Labute approximate surface area is 106 Å². The number of carboxylic acid groups (broad SMARTS) is 1. The number of hydrogen-bond donors (Lipinski definition) is 2. The molecule has 7 heteroatoms. The molecule has 1 aromatic rings. The van der Waals surface area contributed by atoms with Gasteiger partial charge in [-0.2, -0.15) is 0 Å². The summed E-state index contributed by atoms with van der Waals surface area (Å²) < 4.78 is 25.4. The Morgan fingerprint density at radius 2 is 2.22 bits per heavy atom. The van der Waals surface area contributed by atoms with Crippen LogP contribution in [0, 0.1) is 0 Å². The molecule has 0 aliphatic heterocycles. The number of carbonyl (C=O) groups is 1. The molecule has 2 N–H and O–H groups in total. The molecule has 1 aromatic heterocycles. The molecule has 0 fully saturated rings. The first-order valence-corrected chi connectivity index (χ1v) is 7.25. The number of aromatic carboxylic acids is 1. The van der Waals surface area contributed by atoms with Gasteiger partial charge in [-0.15, -0.1) is 0 Å². The molecular weight excluding hydrogens is 256 g/mol. The van der Waals surface area contributed by atoms with Crippen molar-refractivity contribution in [1.82, 2.24) is 9.71 Å². The molecule has 0 atom stereocenters. The standard InChI is InChI=1S/C11H16N2O4S/c1-2-3-6-18(16,17)13-8-10-7-9(11(14)15)4-5-12-10/h4-5,7,13H,2-3,6,8H2,1H3,(H,14,15). The van der Waals surface area contributed by atoms with E-state index < -0.39 is 16.0 Å². The molecule has 0 spiro atoms. The van der Waals surface area contributed by atoms with Crippen LogP contribution in [0.15, 0.2) is 18.3 Å². The molecule has 0 unspecified atom stereocenters. The summed E-state index contributed by atoms with van der Waals surface area (Å²) in [7, 11) is -3.31. The van der Waals surface area contributed by atoms with Gasteiger partial charge in [-0.25, -0.2) is 17.9 Å². The zero-order chi connectivity index (χ0) is 13.6. The van der Waals surface area contributed by atoms with E-state index in [1.165, 1.54) is 18.3 Å². The molecule has 6 nitrogen and oxygen atoms in total. The second kappa shape index (κ2) is 6.46. The van der Waals surface area contributed by atoms with E-state index in [9.17, 15) is 13.2 Å². The molecule has 0 bridgehead atoms. The number of unbranched alkanes of at least 4 members (excludes halogenated alkanes) is 1. The number of carboxylic acids is 1. The van der Waals surface area contributed by atoms with Crippen molar-refractivity contribution in [3.8, 4) is 0 Å². The van der Waals surface area contributed by atoms with E-state index in [-0.39, 0.29) is 17.9 Å². The first-order chi connectivity index (χ1) is 8.44. The van der Waals surface area contributed by atoms with Crippen molar-refractivity contribution in [2.75, 3.05) is 5.75 Å². The molecule has 1 heterocycles. The van der Waals surface area contributed by atoms with Gasteiger partial charge in [0.05, 0.1) is 23.6 Å². The van der Waals surface area contributed by atoms with Crippen molar-refractivity contribution in [3.05, 3.63) is 29.6 Å². The molecule has 0 amide bonds. The molecule has 18 heavy (non-hydrogen) atoms. The number of sulfonamides is 1. The molecule has 0 aliphatic rings. The van der Waals surface area contributed by atoms with Crippen LogP contribution in [-0.4, -0.2) is 30.2 Å². The van der Waals surface area contributed by atoms with E-state index in [0.717, 1.165) is 6.42 Å². The van der Waals surface area contributed by atoms with Crippen LogP contribution in [0.1, 0.15) is 35.8 Å². The summed E-state index contributed by atoms with van der Waals surface area (Å²) in [6, 6.07) is 2.71. The maximum Gasteiger partial charge on any atom is 0.335 e. The van der Waals surface area contributed by atoms with Crippen molar-refractivity contribution >= 4 is 16.0 Å². The van der Waals surface area contributed by atoms with Gasteiger partial charge in [-0.1, -0.05) is 13.3 Å². The van der Waals surface area contributed by atoms with Gasteiger partial charge in [0.15, 0.2) is 0 Å². The second-order valence-electron chi connectivity index (χ2n) is 3.83. The van der Waals surface area contributed by atoms with Gasteiger partial charge in [0.2, 0.25) is 10.0 Å². The smallest absolute Gasteiger partial charge is 0.335 e. The molecule has 0 aliphatic carbocycles. The van der Waals surface area contributed by atoms with Crippen molar-refractivity contribution in [1.29, 1.82) is 0 Å². The largest absolute Gasteiger partial charge is 0.478 e. The normalized spacial score (nSPS) is 11.4. The van der Waals surface area contributed by atoms with Crippen LogP contribution >= 0.6 is 0 Å². The van der Waals surface area contributed by atoms with Gasteiger partial charge in [0.1, 0.15) is 0 Å². The Kier molecular flexibility index (Phi) is 5.24. The molecule has 0 saturated heterocycles. The van der Waals surface area contributed by atoms with Gasteiger partial charge in [0, 0.05) is 6.20 Å². The van der Waals surface area contributed by atoms with Crippen molar-refractivity contribution < 1.29 is 18.3 Å². The summed E-state index contributed by atoms with van der Waals surface area (Å²) in [6.07, 6.45) is 2.74. The second-order valence-corrected chi connectivity index (χ2v) is 5.76. The van der Waals surface area contributed by atoms with Gasteiger partial charge in [-0.3, -0.25) is 4.98 Å². The number of hydrogen-bond acceptors (Lipinski definition) is 4. The number of nitrogens with one attached hydrogen (secondary N) is 1. The summed E-state index contributed by atoms with van der Waals surface area (Å²) in [5.74, 6) is -0.991. The highest BCUT2D eigenvalue weighted by atomic mass is 32.2. The average molecular weight is 272 g/mol. The monoisotopic (exact) mass is 272 g/mol. The third-order valence-electron chi connectivity index (χ3n) is 2.30.